The van der Waals surface area contributed by atoms with Gasteiger partial charge in [0.25, 0.3) is 0 Å². The van der Waals surface area contributed by atoms with Crippen molar-refractivity contribution in [3.63, 3.8) is 0 Å². The fourth-order valence-corrected chi connectivity index (χ4v) is 2.79. The summed E-state index contributed by atoms with van der Waals surface area (Å²) in [6, 6.07) is 3.21. The molecular weight excluding hydrogens is 333 g/mol. The summed E-state index contributed by atoms with van der Waals surface area (Å²) >= 11 is 17.9. The maximum Gasteiger partial charge on any atom is 0.0945 e. The van der Waals surface area contributed by atoms with Gasteiger partial charge in [0, 0.05) is 18.2 Å². The van der Waals surface area contributed by atoms with Gasteiger partial charge in [0.1, 0.15) is 0 Å². The molecule has 0 saturated heterocycles. The molecule has 1 rings (SSSR count). The molecule has 3 nitrogen and oxygen atoms in total. The third kappa shape index (κ3) is 7.57. The van der Waals surface area contributed by atoms with Gasteiger partial charge in [-0.2, -0.15) is 0 Å². The van der Waals surface area contributed by atoms with Gasteiger partial charge in [0.2, 0.25) is 0 Å². The Balaban J connectivity index is 2.25. The van der Waals surface area contributed by atoms with Crippen LogP contribution in [0.1, 0.15) is 32.6 Å². The summed E-state index contributed by atoms with van der Waals surface area (Å²) in [4.78, 5) is 0. The highest BCUT2D eigenvalue weighted by atomic mass is 35.5. The molecule has 0 spiro atoms. The molecule has 21 heavy (non-hydrogen) atoms. The molecule has 0 aliphatic rings. The molecule has 1 aromatic carbocycles. The van der Waals surface area contributed by atoms with E-state index in [9.17, 15) is 5.11 Å². The molecule has 2 N–H and O–H groups in total. The zero-order chi connectivity index (χ0) is 15.7. The smallest absolute Gasteiger partial charge is 0.0945 e. The van der Waals surface area contributed by atoms with Crippen LogP contribution in [0.25, 0.3) is 0 Å². The Morgan fingerprint density at radius 2 is 1.81 bits per heavy atom. The molecule has 0 aliphatic heterocycles. The van der Waals surface area contributed by atoms with Crippen LogP contribution in [0.3, 0.4) is 0 Å². The van der Waals surface area contributed by atoms with Gasteiger partial charge in [-0.15, -0.1) is 0 Å². The number of rotatable bonds is 10. The Bertz CT molecular complexity index is 406. The van der Waals surface area contributed by atoms with E-state index in [1.54, 1.807) is 12.1 Å². The van der Waals surface area contributed by atoms with Crippen molar-refractivity contribution >= 4 is 40.5 Å². The van der Waals surface area contributed by atoms with Crippen LogP contribution in [0, 0.1) is 0 Å². The molecule has 0 saturated carbocycles. The van der Waals surface area contributed by atoms with Crippen LogP contribution < -0.4 is 5.32 Å². The summed E-state index contributed by atoms with van der Waals surface area (Å²) in [7, 11) is 0. The van der Waals surface area contributed by atoms with Crippen molar-refractivity contribution < 1.29 is 9.84 Å². The van der Waals surface area contributed by atoms with Gasteiger partial charge in [0.05, 0.1) is 28.4 Å². The average molecular weight is 355 g/mol. The highest BCUT2D eigenvalue weighted by molar-refractivity contribution is 6.41. The fraction of sp³-hybridized carbons (Fsp3) is 0.600. The maximum atomic E-state index is 9.85. The minimum Gasteiger partial charge on any atom is -0.389 e. The maximum absolute atomic E-state index is 9.85. The van der Waals surface area contributed by atoms with Crippen LogP contribution in [0.15, 0.2) is 12.1 Å². The Morgan fingerprint density at radius 1 is 1.14 bits per heavy atom. The number of ether oxygens (including phenoxy) is 1. The molecule has 0 amide bonds. The number of aliphatic hydroxyl groups is 1. The standard InChI is InChI=1S/C15H22Cl3NO2/c1-2-3-4-5-6-21-10-12(20)9-19-15-13(17)7-11(16)8-14(15)18/h7-8,12,19-20H,2-6,9-10H2,1H3. The fourth-order valence-electron chi connectivity index (χ4n) is 1.84. The van der Waals surface area contributed by atoms with E-state index >= 15 is 0 Å². The lowest BCUT2D eigenvalue weighted by atomic mass is 10.2. The zero-order valence-corrected chi connectivity index (χ0v) is 14.4. The molecule has 6 heteroatoms. The molecular formula is C15H22Cl3NO2. The van der Waals surface area contributed by atoms with Crippen molar-refractivity contribution in [1.29, 1.82) is 0 Å². The molecule has 0 heterocycles. The Labute approximate surface area is 141 Å². The summed E-state index contributed by atoms with van der Waals surface area (Å²) in [6.07, 6.45) is 4.01. The molecule has 120 valence electrons. The summed E-state index contributed by atoms with van der Waals surface area (Å²) < 4.78 is 5.43. The Hall–Kier alpha value is -0.190. The van der Waals surface area contributed by atoms with Crippen LogP contribution in [-0.4, -0.2) is 31.0 Å². The first-order valence-electron chi connectivity index (χ1n) is 7.18. The number of nitrogens with one attached hydrogen (secondary N) is 1. The summed E-state index contributed by atoms with van der Waals surface area (Å²) in [5.74, 6) is 0. The van der Waals surface area contributed by atoms with E-state index in [-0.39, 0.29) is 0 Å². The lowest BCUT2D eigenvalue weighted by molar-refractivity contribution is 0.0417. The van der Waals surface area contributed by atoms with Crippen molar-refractivity contribution in [3.05, 3.63) is 27.2 Å². The number of unbranched alkanes of at least 4 members (excludes halogenated alkanes) is 3. The van der Waals surface area contributed by atoms with E-state index in [0.717, 1.165) is 6.42 Å². The van der Waals surface area contributed by atoms with Crippen molar-refractivity contribution in [2.24, 2.45) is 0 Å². The predicted molar refractivity (Wildman–Crippen MR) is 90.9 cm³/mol. The van der Waals surface area contributed by atoms with Gasteiger partial charge in [-0.1, -0.05) is 61.0 Å². The van der Waals surface area contributed by atoms with Crippen molar-refractivity contribution in [1.82, 2.24) is 0 Å². The number of anilines is 1. The van der Waals surface area contributed by atoms with Gasteiger partial charge in [-0.3, -0.25) is 0 Å². The Kier molecular flexibility index (Phi) is 9.45. The lowest BCUT2D eigenvalue weighted by Crippen LogP contribution is -2.25. The van der Waals surface area contributed by atoms with Crippen LogP contribution in [0.5, 0.6) is 0 Å². The Morgan fingerprint density at radius 3 is 2.43 bits per heavy atom. The summed E-state index contributed by atoms with van der Waals surface area (Å²) in [5, 5.41) is 14.2. The van der Waals surface area contributed by atoms with E-state index in [1.165, 1.54) is 19.3 Å². The highest BCUT2D eigenvalue weighted by Crippen LogP contribution is 2.33. The first-order valence-corrected chi connectivity index (χ1v) is 8.32. The average Bonchev–Trinajstić information content (AvgIpc) is 2.41. The van der Waals surface area contributed by atoms with Crippen LogP contribution in [0.4, 0.5) is 5.69 Å². The summed E-state index contributed by atoms with van der Waals surface area (Å²) in [6.45, 7) is 3.46. The number of benzene rings is 1. The predicted octanol–water partition coefficient (Wildman–Crippen LogP) is 5.02. The minimum atomic E-state index is -0.612. The largest absolute Gasteiger partial charge is 0.389 e. The molecule has 1 aromatic rings. The molecule has 0 aliphatic carbocycles. The first-order chi connectivity index (χ1) is 10.0. The van der Waals surface area contributed by atoms with Crippen molar-refractivity contribution in [3.8, 4) is 0 Å². The van der Waals surface area contributed by atoms with E-state index < -0.39 is 6.10 Å². The number of hydrogen-bond acceptors (Lipinski definition) is 3. The van der Waals surface area contributed by atoms with Crippen molar-refractivity contribution in [2.45, 2.75) is 38.7 Å². The molecule has 0 aromatic heterocycles. The third-order valence-corrected chi connectivity index (χ3v) is 3.79. The second kappa shape index (κ2) is 10.5. The molecule has 0 radical (unpaired) electrons. The molecule has 1 atom stereocenters. The topological polar surface area (TPSA) is 41.5 Å². The van der Waals surface area contributed by atoms with E-state index in [4.69, 9.17) is 39.5 Å². The third-order valence-electron chi connectivity index (χ3n) is 2.97. The van der Waals surface area contributed by atoms with Gasteiger partial charge < -0.3 is 15.2 Å². The monoisotopic (exact) mass is 353 g/mol. The number of hydrogen-bond donors (Lipinski definition) is 2. The molecule has 0 bridgehead atoms. The van der Waals surface area contributed by atoms with Gasteiger partial charge in [-0.05, 0) is 18.6 Å². The van der Waals surface area contributed by atoms with Gasteiger partial charge >= 0.3 is 0 Å². The molecule has 0 fully saturated rings. The second-order valence-electron chi connectivity index (χ2n) is 4.91. The number of aliphatic hydroxyl groups excluding tert-OH is 1. The van der Waals surface area contributed by atoms with Crippen LogP contribution >= 0.6 is 34.8 Å². The minimum absolute atomic E-state index is 0.294. The second-order valence-corrected chi connectivity index (χ2v) is 6.17. The SMILES string of the molecule is CCCCCCOCC(O)CNc1c(Cl)cc(Cl)cc1Cl. The lowest BCUT2D eigenvalue weighted by Gasteiger charge is -2.15. The first kappa shape index (κ1) is 18.9. The van der Waals surface area contributed by atoms with Crippen LogP contribution in [-0.2, 0) is 4.74 Å². The summed E-state index contributed by atoms with van der Waals surface area (Å²) in [5.41, 5.74) is 0.574. The van der Waals surface area contributed by atoms with E-state index in [0.29, 0.717) is 40.5 Å². The van der Waals surface area contributed by atoms with Crippen molar-refractivity contribution in [2.75, 3.05) is 25.1 Å². The van der Waals surface area contributed by atoms with E-state index in [1.807, 2.05) is 0 Å². The quantitative estimate of drug-likeness (QED) is 0.580. The zero-order valence-electron chi connectivity index (χ0n) is 12.2. The number of halogens is 3. The van der Waals surface area contributed by atoms with E-state index in [2.05, 4.69) is 12.2 Å². The molecule has 1 unspecified atom stereocenters. The van der Waals surface area contributed by atoms with Crippen LogP contribution in [0.2, 0.25) is 15.1 Å². The van der Waals surface area contributed by atoms with Gasteiger partial charge in [0.15, 0.2) is 0 Å². The highest BCUT2D eigenvalue weighted by Gasteiger charge is 2.10. The van der Waals surface area contributed by atoms with Gasteiger partial charge in [-0.25, -0.2) is 0 Å². The normalized spacial score (nSPS) is 12.4.